The SMILES string of the molecule is C.COC(=O)C1C(C=O)C1c1ccc(OC)cc1. The van der Waals surface area contributed by atoms with Gasteiger partial charge >= 0.3 is 5.97 Å². The molecule has 3 atom stereocenters. The molecular formula is C14H18O4. The van der Waals surface area contributed by atoms with Crippen LogP contribution in [0, 0.1) is 11.8 Å². The van der Waals surface area contributed by atoms with Crippen LogP contribution in [-0.4, -0.2) is 26.5 Å². The summed E-state index contributed by atoms with van der Waals surface area (Å²) in [5.41, 5.74) is 0.971. The van der Waals surface area contributed by atoms with E-state index in [1.165, 1.54) is 7.11 Å². The van der Waals surface area contributed by atoms with Crippen molar-refractivity contribution in [3.63, 3.8) is 0 Å². The first kappa shape index (κ1) is 14.2. The normalized spacial score (nSPS) is 24.7. The highest BCUT2D eigenvalue weighted by Crippen LogP contribution is 2.53. The molecule has 0 bridgehead atoms. The van der Waals surface area contributed by atoms with Crippen LogP contribution in [0.25, 0.3) is 0 Å². The lowest BCUT2D eigenvalue weighted by molar-refractivity contribution is -0.143. The molecule has 0 saturated heterocycles. The highest BCUT2D eigenvalue weighted by Gasteiger charge is 2.56. The first-order valence-corrected chi connectivity index (χ1v) is 5.40. The number of hydrogen-bond donors (Lipinski definition) is 0. The van der Waals surface area contributed by atoms with E-state index in [2.05, 4.69) is 4.74 Å². The summed E-state index contributed by atoms with van der Waals surface area (Å²) in [7, 11) is 2.94. The van der Waals surface area contributed by atoms with Crippen LogP contribution < -0.4 is 4.74 Å². The van der Waals surface area contributed by atoms with Gasteiger partial charge in [-0.2, -0.15) is 0 Å². The second kappa shape index (κ2) is 5.67. The van der Waals surface area contributed by atoms with E-state index in [-0.39, 0.29) is 31.1 Å². The number of ether oxygens (including phenoxy) is 2. The summed E-state index contributed by atoms with van der Waals surface area (Å²) in [5.74, 6) is -0.192. The summed E-state index contributed by atoms with van der Waals surface area (Å²) in [6, 6.07) is 7.40. The fraction of sp³-hybridized carbons (Fsp3) is 0.429. The van der Waals surface area contributed by atoms with Gasteiger partial charge in [0.2, 0.25) is 0 Å². The summed E-state index contributed by atoms with van der Waals surface area (Å²) in [5, 5.41) is 0. The Labute approximate surface area is 107 Å². The predicted molar refractivity (Wildman–Crippen MR) is 67.5 cm³/mol. The lowest BCUT2D eigenvalue weighted by Crippen LogP contribution is -2.05. The Bertz CT molecular complexity index is 424. The van der Waals surface area contributed by atoms with Gasteiger partial charge in [0.25, 0.3) is 0 Å². The van der Waals surface area contributed by atoms with E-state index in [9.17, 15) is 9.59 Å². The van der Waals surface area contributed by atoms with Crippen molar-refractivity contribution in [2.24, 2.45) is 11.8 Å². The van der Waals surface area contributed by atoms with E-state index in [0.29, 0.717) is 0 Å². The predicted octanol–water partition coefficient (Wildman–Crippen LogP) is 2.03. The molecule has 0 N–H and O–H groups in total. The van der Waals surface area contributed by atoms with E-state index >= 15 is 0 Å². The molecule has 0 radical (unpaired) electrons. The van der Waals surface area contributed by atoms with E-state index in [1.54, 1.807) is 7.11 Å². The molecule has 1 aromatic carbocycles. The number of hydrogen-bond acceptors (Lipinski definition) is 4. The van der Waals surface area contributed by atoms with Gasteiger partial charge in [0.05, 0.1) is 20.1 Å². The highest BCUT2D eigenvalue weighted by atomic mass is 16.5. The maximum atomic E-state index is 11.4. The molecule has 1 aromatic rings. The molecule has 0 heterocycles. The number of carbonyl (C=O) groups excluding carboxylic acids is 2. The van der Waals surface area contributed by atoms with Gasteiger partial charge in [0, 0.05) is 11.8 Å². The van der Waals surface area contributed by atoms with Crippen LogP contribution in [-0.2, 0) is 14.3 Å². The van der Waals surface area contributed by atoms with E-state index < -0.39 is 0 Å². The number of carbonyl (C=O) groups is 2. The molecule has 1 aliphatic carbocycles. The van der Waals surface area contributed by atoms with Gasteiger partial charge < -0.3 is 14.3 Å². The molecule has 4 heteroatoms. The molecule has 0 spiro atoms. The molecule has 2 rings (SSSR count). The molecular weight excluding hydrogens is 232 g/mol. The van der Waals surface area contributed by atoms with Gasteiger partial charge in [-0.1, -0.05) is 19.6 Å². The minimum Gasteiger partial charge on any atom is -0.497 e. The molecule has 4 nitrogen and oxygen atoms in total. The zero-order valence-electron chi connectivity index (χ0n) is 9.75. The molecule has 1 fully saturated rings. The Kier molecular flexibility index (Phi) is 4.48. The lowest BCUT2D eigenvalue weighted by atomic mass is 10.1. The van der Waals surface area contributed by atoms with Crippen molar-refractivity contribution in [1.82, 2.24) is 0 Å². The van der Waals surface area contributed by atoms with Crippen molar-refractivity contribution >= 4 is 12.3 Å². The number of esters is 1. The second-order valence-corrected chi connectivity index (χ2v) is 4.06. The molecule has 1 saturated carbocycles. The quantitative estimate of drug-likeness (QED) is 0.606. The Morgan fingerprint density at radius 3 is 2.28 bits per heavy atom. The number of benzene rings is 1. The third kappa shape index (κ3) is 2.37. The van der Waals surface area contributed by atoms with Crippen LogP contribution in [0.4, 0.5) is 0 Å². The Balaban J connectivity index is 0.00000162. The minimum absolute atomic E-state index is 0. The average molecular weight is 250 g/mol. The molecule has 0 amide bonds. The van der Waals surface area contributed by atoms with Crippen LogP contribution in [0.3, 0.4) is 0 Å². The molecule has 3 unspecified atom stereocenters. The van der Waals surface area contributed by atoms with Crippen LogP contribution >= 0.6 is 0 Å². The molecule has 98 valence electrons. The second-order valence-electron chi connectivity index (χ2n) is 4.06. The highest BCUT2D eigenvalue weighted by molar-refractivity contribution is 5.84. The topological polar surface area (TPSA) is 52.6 Å². The monoisotopic (exact) mass is 250 g/mol. The molecule has 18 heavy (non-hydrogen) atoms. The number of aldehydes is 1. The zero-order chi connectivity index (χ0) is 12.4. The zero-order valence-corrected chi connectivity index (χ0v) is 9.75. The van der Waals surface area contributed by atoms with Crippen LogP contribution in [0.2, 0.25) is 0 Å². The van der Waals surface area contributed by atoms with Crippen molar-refractivity contribution in [2.75, 3.05) is 14.2 Å². The van der Waals surface area contributed by atoms with E-state index in [0.717, 1.165) is 17.6 Å². The molecule has 0 aromatic heterocycles. The van der Waals surface area contributed by atoms with Crippen molar-refractivity contribution in [3.05, 3.63) is 29.8 Å². The van der Waals surface area contributed by atoms with Crippen molar-refractivity contribution in [3.8, 4) is 5.75 Å². The Hall–Kier alpha value is -1.84. The van der Waals surface area contributed by atoms with Crippen LogP contribution in [0.1, 0.15) is 18.9 Å². The Morgan fingerprint density at radius 2 is 1.83 bits per heavy atom. The smallest absolute Gasteiger partial charge is 0.310 e. The standard InChI is InChI=1S/C13H14O4.CH4/c1-16-9-5-3-8(4-6-9)11-10(7-14)12(11)13(15)17-2;/h3-7,10-12H,1-2H3;1H4. The van der Waals surface area contributed by atoms with E-state index in [1.807, 2.05) is 24.3 Å². The van der Waals surface area contributed by atoms with Crippen LogP contribution in [0.15, 0.2) is 24.3 Å². The fourth-order valence-corrected chi connectivity index (χ4v) is 2.20. The van der Waals surface area contributed by atoms with Gasteiger partial charge in [0.1, 0.15) is 12.0 Å². The first-order valence-electron chi connectivity index (χ1n) is 5.40. The van der Waals surface area contributed by atoms with Crippen molar-refractivity contribution in [2.45, 2.75) is 13.3 Å². The van der Waals surface area contributed by atoms with Crippen molar-refractivity contribution < 1.29 is 19.1 Å². The lowest BCUT2D eigenvalue weighted by Gasteiger charge is -2.02. The van der Waals surface area contributed by atoms with Gasteiger partial charge in [0.15, 0.2) is 0 Å². The van der Waals surface area contributed by atoms with E-state index in [4.69, 9.17) is 4.74 Å². The van der Waals surface area contributed by atoms with Crippen LogP contribution in [0.5, 0.6) is 5.75 Å². The van der Waals surface area contributed by atoms with Gasteiger partial charge in [-0.25, -0.2) is 0 Å². The van der Waals surface area contributed by atoms with Crippen molar-refractivity contribution in [1.29, 1.82) is 0 Å². The Morgan fingerprint density at radius 1 is 1.22 bits per heavy atom. The number of rotatable bonds is 4. The fourth-order valence-electron chi connectivity index (χ4n) is 2.20. The number of methoxy groups -OCH3 is 2. The van der Waals surface area contributed by atoms with Gasteiger partial charge in [-0.05, 0) is 17.7 Å². The first-order chi connectivity index (χ1) is 8.22. The third-order valence-electron chi connectivity index (χ3n) is 3.21. The maximum Gasteiger partial charge on any atom is 0.310 e. The summed E-state index contributed by atoms with van der Waals surface area (Å²) >= 11 is 0. The summed E-state index contributed by atoms with van der Waals surface area (Å²) in [6.45, 7) is 0. The average Bonchev–Trinajstić information content (AvgIpc) is 3.12. The summed E-state index contributed by atoms with van der Waals surface area (Å²) in [4.78, 5) is 22.3. The minimum atomic E-state index is -0.328. The van der Waals surface area contributed by atoms with Gasteiger partial charge in [-0.15, -0.1) is 0 Å². The largest absolute Gasteiger partial charge is 0.497 e. The van der Waals surface area contributed by atoms with Gasteiger partial charge in [-0.3, -0.25) is 4.79 Å². The molecule has 1 aliphatic rings. The third-order valence-corrected chi connectivity index (χ3v) is 3.21. The molecule has 0 aliphatic heterocycles. The summed E-state index contributed by atoms with van der Waals surface area (Å²) in [6.07, 6.45) is 0.830. The maximum absolute atomic E-state index is 11.4. The summed E-state index contributed by atoms with van der Waals surface area (Å²) < 4.78 is 9.74.